The van der Waals surface area contributed by atoms with E-state index in [-0.39, 0.29) is 12.1 Å². The fraction of sp³-hybridized carbons (Fsp3) is 0.200. The molecular formula is C15H14BrF2NO2. The Kier molecular flexibility index (Phi) is 5.14. The summed E-state index contributed by atoms with van der Waals surface area (Å²) in [7, 11) is 1.54. The monoisotopic (exact) mass is 357 g/mol. The van der Waals surface area contributed by atoms with Crippen LogP contribution in [0.25, 0.3) is 0 Å². The standard InChI is InChI=1S/C15H14BrF2NO2/c1-21-15-7-10(3-4-12(15)16)19-8-14(20)11-6-9(17)2-5-13(11)18/h2-7,14,19-20H,8H2,1H3. The number of halogens is 3. The summed E-state index contributed by atoms with van der Waals surface area (Å²) in [6.07, 6.45) is -1.16. The third-order valence-electron chi connectivity index (χ3n) is 2.97. The molecule has 0 aliphatic heterocycles. The van der Waals surface area contributed by atoms with E-state index in [4.69, 9.17) is 4.74 Å². The molecule has 2 N–H and O–H groups in total. The number of hydrogen-bond acceptors (Lipinski definition) is 3. The van der Waals surface area contributed by atoms with E-state index in [1.165, 1.54) is 0 Å². The molecule has 0 radical (unpaired) electrons. The number of ether oxygens (including phenoxy) is 1. The van der Waals surface area contributed by atoms with Gasteiger partial charge in [-0.2, -0.15) is 0 Å². The average molecular weight is 358 g/mol. The van der Waals surface area contributed by atoms with Gasteiger partial charge in [-0.25, -0.2) is 8.78 Å². The molecule has 0 aliphatic carbocycles. The number of nitrogens with one attached hydrogen (secondary N) is 1. The topological polar surface area (TPSA) is 41.5 Å². The second kappa shape index (κ2) is 6.87. The number of aliphatic hydroxyl groups excluding tert-OH is 1. The van der Waals surface area contributed by atoms with E-state index in [9.17, 15) is 13.9 Å². The normalized spacial score (nSPS) is 12.0. The van der Waals surface area contributed by atoms with Crippen molar-refractivity contribution in [1.29, 1.82) is 0 Å². The van der Waals surface area contributed by atoms with Gasteiger partial charge >= 0.3 is 0 Å². The fourth-order valence-corrected chi connectivity index (χ4v) is 2.27. The summed E-state index contributed by atoms with van der Waals surface area (Å²) in [4.78, 5) is 0. The first-order chi connectivity index (χ1) is 10.0. The molecule has 1 unspecified atom stereocenters. The quantitative estimate of drug-likeness (QED) is 0.853. The zero-order valence-corrected chi connectivity index (χ0v) is 12.8. The van der Waals surface area contributed by atoms with Crippen molar-refractivity contribution in [3.05, 3.63) is 58.1 Å². The van der Waals surface area contributed by atoms with Crippen molar-refractivity contribution in [3.63, 3.8) is 0 Å². The highest BCUT2D eigenvalue weighted by Gasteiger charge is 2.14. The van der Waals surface area contributed by atoms with E-state index >= 15 is 0 Å². The van der Waals surface area contributed by atoms with Crippen molar-refractivity contribution in [2.45, 2.75) is 6.10 Å². The zero-order chi connectivity index (χ0) is 15.4. The minimum Gasteiger partial charge on any atom is -0.495 e. The van der Waals surface area contributed by atoms with Gasteiger partial charge in [0.25, 0.3) is 0 Å². The van der Waals surface area contributed by atoms with Gasteiger partial charge in [-0.1, -0.05) is 0 Å². The first-order valence-corrected chi connectivity index (χ1v) is 7.01. The Hall–Kier alpha value is -1.66. The van der Waals surface area contributed by atoms with Gasteiger partial charge in [-0.15, -0.1) is 0 Å². The van der Waals surface area contributed by atoms with Crippen LogP contribution >= 0.6 is 15.9 Å². The molecule has 0 spiro atoms. The third-order valence-corrected chi connectivity index (χ3v) is 3.62. The SMILES string of the molecule is COc1cc(NCC(O)c2cc(F)ccc2F)ccc1Br. The maximum atomic E-state index is 13.5. The number of methoxy groups -OCH3 is 1. The van der Waals surface area contributed by atoms with Gasteiger partial charge in [0.15, 0.2) is 0 Å². The van der Waals surface area contributed by atoms with Gasteiger partial charge in [0.05, 0.1) is 17.7 Å². The van der Waals surface area contributed by atoms with E-state index in [0.717, 1.165) is 22.7 Å². The predicted molar refractivity (Wildman–Crippen MR) is 80.5 cm³/mol. The summed E-state index contributed by atoms with van der Waals surface area (Å²) >= 11 is 3.33. The number of anilines is 1. The van der Waals surface area contributed by atoms with Gasteiger partial charge in [0, 0.05) is 23.9 Å². The summed E-state index contributed by atoms with van der Waals surface area (Å²) in [6.45, 7) is 0.0468. The lowest BCUT2D eigenvalue weighted by Gasteiger charge is -2.15. The minimum absolute atomic E-state index is 0.0468. The van der Waals surface area contributed by atoms with Crippen LogP contribution in [-0.2, 0) is 0 Å². The van der Waals surface area contributed by atoms with Crippen LogP contribution in [0.4, 0.5) is 14.5 Å². The van der Waals surface area contributed by atoms with Crippen LogP contribution in [-0.4, -0.2) is 18.8 Å². The molecule has 21 heavy (non-hydrogen) atoms. The Bertz CT molecular complexity index is 637. The highest BCUT2D eigenvalue weighted by molar-refractivity contribution is 9.10. The van der Waals surface area contributed by atoms with E-state index < -0.39 is 17.7 Å². The van der Waals surface area contributed by atoms with Gasteiger partial charge in [-0.05, 0) is 46.3 Å². The lowest BCUT2D eigenvalue weighted by atomic mass is 10.1. The third kappa shape index (κ3) is 3.92. The van der Waals surface area contributed by atoms with Crippen molar-refractivity contribution in [3.8, 4) is 5.75 Å². The van der Waals surface area contributed by atoms with E-state index in [1.54, 1.807) is 25.3 Å². The molecule has 6 heteroatoms. The molecule has 1 atom stereocenters. The van der Waals surface area contributed by atoms with Gasteiger partial charge in [0.1, 0.15) is 17.4 Å². The fourth-order valence-electron chi connectivity index (χ4n) is 1.86. The second-order valence-electron chi connectivity index (χ2n) is 4.41. The van der Waals surface area contributed by atoms with Crippen LogP contribution in [0.1, 0.15) is 11.7 Å². The van der Waals surface area contributed by atoms with Crippen LogP contribution < -0.4 is 10.1 Å². The van der Waals surface area contributed by atoms with Crippen molar-refractivity contribution in [1.82, 2.24) is 0 Å². The van der Waals surface area contributed by atoms with Crippen LogP contribution in [0, 0.1) is 11.6 Å². The van der Waals surface area contributed by atoms with Crippen LogP contribution in [0.3, 0.4) is 0 Å². The van der Waals surface area contributed by atoms with Gasteiger partial charge in [-0.3, -0.25) is 0 Å². The molecule has 112 valence electrons. The number of hydrogen-bond donors (Lipinski definition) is 2. The summed E-state index contributed by atoms with van der Waals surface area (Å²) in [5.41, 5.74) is 0.623. The van der Waals surface area contributed by atoms with Crippen molar-refractivity contribution >= 4 is 21.6 Å². The molecule has 0 heterocycles. The summed E-state index contributed by atoms with van der Waals surface area (Å²) in [6, 6.07) is 8.30. The first kappa shape index (κ1) is 15.7. The second-order valence-corrected chi connectivity index (χ2v) is 5.27. The molecule has 2 aromatic rings. The molecule has 0 aromatic heterocycles. The van der Waals surface area contributed by atoms with Crippen LogP contribution in [0.15, 0.2) is 40.9 Å². The van der Waals surface area contributed by atoms with Crippen LogP contribution in [0.5, 0.6) is 5.75 Å². The number of benzene rings is 2. The van der Waals surface area contributed by atoms with Gasteiger partial charge < -0.3 is 15.2 Å². The van der Waals surface area contributed by atoms with Crippen molar-refractivity contribution in [2.75, 3.05) is 19.0 Å². The molecule has 0 aliphatic rings. The number of aliphatic hydroxyl groups is 1. The Morgan fingerprint density at radius 2 is 2.00 bits per heavy atom. The van der Waals surface area contributed by atoms with Gasteiger partial charge in [0.2, 0.25) is 0 Å². The Morgan fingerprint density at radius 1 is 1.24 bits per heavy atom. The lowest BCUT2D eigenvalue weighted by Crippen LogP contribution is -2.13. The van der Waals surface area contributed by atoms with E-state index in [2.05, 4.69) is 21.2 Å². The highest BCUT2D eigenvalue weighted by Crippen LogP contribution is 2.28. The lowest BCUT2D eigenvalue weighted by molar-refractivity contribution is 0.186. The Labute approximate surface area is 129 Å². The van der Waals surface area contributed by atoms with Crippen molar-refractivity contribution in [2.24, 2.45) is 0 Å². The largest absolute Gasteiger partial charge is 0.495 e. The van der Waals surface area contributed by atoms with E-state index in [0.29, 0.717) is 11.4 Å². The summed E-state index contributed by atoms with van der Waals surface area (Å²) in [5.74, 6) is -0.596. The van der Waals surface area contributed by atoms with Crippen molar-refractivity contribution < 1.29 is 18.6 Å². The molecule has 3 nitrogen and oxygen atoms in total. The number of rotatable bonds is 5. The maximum Gasteiger partial charge on any atom is 0.135 e. The average Bonchev–Trinajstić information content (AvgIpc) is 2.48. The first-order valence-electron chi connectivity index (χ1n) is 6.21. The molecule has 0 fully saturated rings. The van der Waals surface area contributed by atoms with E-state index in [1.807, 2.05) is 0 Å². The summed E-state index contributed by atoms with van der Waals surface area (Å²) < 4.78 is 32.6. The molecule has 2 aromatic carbocycles. The Balaban J connectivity index is 2.07. The molecule has 2 rings (SSSR count). The smallest absolute Gasteiger partial charge is 0.135 e. The minimum atomic E-state index is -1.16. The zero-order valence-electron chi connectivity index (χ0n) is 11.2. The predicted octanol–water partition coefficient (Wildman–Crippen LogP) is 3.88. The molecule has 0 amide bonds. The molecule has 0 saturated heterocycles. The molecular weight excluding hydrogens is 344 g/mol. The Morgan fingerprint density at radius 3 is 2.71 bits per heavy atom. The van der Waals surface area contributed by atoms with Crippen LogP contribution in [0.2, 0.25) is 0 Å². The maximum absolute atomic E-state index is 13.5. The molecule has 0 bridgehead atoms. The summed E-state index contributed by atoms with van der Waals surface area (Å²) in [5, 5.41) is 12.9. The molecule has 0 saturated carbocycles. The highest BCUT2D eigenvalue weighted by atomic mass is 79.9.